The first-order chi connectivity index (χ1) is 9.20. The second kappa shape index (κ2) is 6.79. The van der Waals surface area contributed by atoms with E-state index in [-0.39, 0.29) is 5.91 Å². The van der Waals surface area contributed by atoms with Gasteiger partial charge < -0.3 is 11.1 Å². The van der Waals surface area contributed by atoms with E-state index in [9.17, 15) is 4.79 Å². The average Bonchev–Trinajstić information content (AvgIpc) is 2.78. The molecule has 1 fully saturated rings. The molecular formula is C12H21N5OS. The monoisotopic (exact) mass is 283 g/mol. The van der Waals surface area contributed by atoms with Crippen LogP contribution in [0.5, 0.6) is 0 Å². The van der Waals surface area contributed by atoms with Gasteiger partial charge in [0.05, 0.1) is 5.75 Å². The topological polar surface area (TPSA) is 85.8 Å². The largest absolute Gasteiger partial charge is 0.368 e. The van der Waals surface area contributed by atoms with Gasteiger partial charge in [-0.2, -0.15) is 0 Å². The van der Waals surface area contributed by atoms with Crippen molar-refractivity contribution in [3.05, 3.63) is 0 Å². The maximum atomic E-state index is 11.9. The molecule has 1 heterocycles. The van der Waals surface area contributed by atoms with Gasteiger partial charge in [0, 0.05) is 12.6 Å². The first-order valence-corrected chi connectivity index (χ1v) is 7.80. The van der Waals surface area contributed by atoms with Crippen LogP contribution in [-0.4, -0.2) is 32.5 Å². The Morgan fingerprint density at radius 3 is 2.84 bits per heavy atom. The Hall–Kier alpha value is -1.24. The molecule has 3 N–H and O–H groups in total. The van der Waals surface area contributed by atoms with Gasteiger partial charge in [0.1, 0.15) is 0 Å². The van der Waals surface area contributed by atoms with E-state index in [1.807, 2.05) is 6.92 Å². The summed E-state index contributed by atoms with van der Waals surface area (Å²) in [6.07, 6.45) is 5.95. The van der Waals surface area contributed by atoms with Gasteiger partial charge >= 0.3 is 0 Å². The minimum Gasteiger partial charge on any atom is -0.368 e. The molecule has 1 aliphatic rings. The second-order valence-electron chi connectivity index (χ2n) is 4.78. The number of hydrogen-bond donors (Lipinski definition) is 2. The zero-order valence-corrected chi connectivity index (χ0v) is 12.1. The summed E-state index contributed by atoms with van der Waals surface area (Å²) in [5, 5.41) is 11.6. The Kier molecular flexibility index (Phi) is 5.07. The van der Waals surface area contributed by atoms with Crippen LogP contribution in [0.25, 0.3) is 0 Å². The van der Waals surface area contributed by atoms with Gasteiger partial charge in [0.2, 0.25) is 11.9 Å². The first-order valence-electron chi connectivity index (χ1n) is 6.81. The van der Waals surface area contributed by atoms with E-state index in [2.05, 4.69) is 15.5 Å². The highest BCUT2D eigenvalue weighted by molar-refractivity contribution is 7.99. The van der Waals surface area contributed by atoms with E-state index in [1.54, 1.807) is 4.57 Å². The number of aromatic nitrogens is 3. The highest BCUT2D eigenvalue weighted by atomic mass is 32.2. The SMILES string of the molecule is CCn1c(N)nnc1SCC(=O)NC1CCCCC1. The number of carbonyl (C=O) groups excluding carboxylic acids is 1. The Bertz CT molecular complexity index is 428. The number of hydrogen-bond acceptors (Lipinski definition) is 5. The van der Waals surface area contributed by atoms with Crippen LogP contribution in [0.4, 0.5) is 5.95 Å². The number of nitrogen functional groups attached to an aromatic ring is 1. The minimum absolute atomic E-state index is 0.0705. The van der Waals surface area contributed by atoms with Crippen molar-refractivity contribution in [1.82, 2.24) is 20.1 Å². The van der Waals surface area contributed by atoms with Gasteiger partial charge in [0.25, 0.3) is 0 Å². The number of rotatable bonds is 5. The molecule has 1 amide bonds. The number of amides is 1. The highest BCUT2D eigenvalue weighted by Crippen LogP contribution is 2.19. The van der Waals surface area contributed by atoms with Crippen LogP contribution >= 0.6 is 11.8 Å². The second-order valence-corrected chi connectivity index (χ2v) is 5.72. The molecule has 7 heteroatoms. The Balaban J connectivity index is 1.79. The summed E-state index contributed by atoms with van der Waals surface area (Å²) in [6.45, 7) is 2.69. The predicted octanol–water partition coefficient (Wildman–Crippen LogP) is 1.42. The van der Waals surface area contributed by atoms with Crippen molar-refractivity contribution in [2.24, 2.45) is 0 Å². The van der Waals surface area contributed by atoms with Crippen LogP contribution < -0.4 is 11.1 Å². The molecule has 0 unspecified atom stereocenters. The standard InChI is InChI=1S/C12H21N5OS/c1-2-17-11(13)15-16-12(17)19-8-10(18)14-9-6-4-3-5-7-9/h9H,2-8H2,1H3,(H2,13,15)(H,14,18). The van der Waals surface area contributed by atoms with Crippen LogP contribution in [0, 0.1) is 0 Å². The Morgan fingerprint density at radius 1 is 1.42 bits per heavy atom. The summed E-state index contributed by atoms with van der Waals surface area (Å²) in [7, 11) is 0. The zero-order valence-electron chi connectivity index (χ0n) is 11.3. The molecule has 0 saturated heterocycles. The molecule has 0 radical (unpaired) electrons. The Morgan fingerprint density at radius 2 is 2.16 bits per heavy atom. The molecular weight excluding hydrogens is 262 g/mol. The third kappa shape index (κ3) is 3.86. The number of nitrogens with one attached hydrogen (secondary N) is 1. The van der Waals surface area contributed by atoms with Gasteiger partial charge in [0.15, 0.2) is 5.16 Å². The van der Waals surface area contributed by atoms with Gasteiger partial charge in [-0.25, -0.2) is 0 Å². The average molecular weight is 283 g/mol. The molecule has 0 aliphatic heterocycles. The third-order valence-electron chi connectivity index (χ3n) is 3.36. The van der Waals surface area contributed by atoms with Crippen molar-refractivity contribution < 1.29 is 4.79 Å². The molecule has 0 bridgehead atoms. The summed E-state index contributed by atoms with van der Waals surface area (Å²) in [4.78, 5) is 11.9. The summed E-state index contributed by atoms with van der Waals surface area (Å²) >= 11 is 1.39. The highest BCUT2D eigenvalue weighted by Gasteiger charge is 2.16. The molecule has 1 saturated carbocycles. The molecule has 1 aromatic rings. The molecule has 2 rings (SSSR count). The van der Waals surface area contributed by atoms with Crippen molar-refractivity contribution in [3.8, 4) is 0 Å². The lowest BCUT2D eigenvalue weighted by atomic mass is 9.95. The van der Waals surface area contributed by atoms with Crippen LogP contribution in [0.1, 0.15) is 39.0 Å². The molecule has 19 heavy (non-hydrogen) atoms. The van der Waals surface area contributed by atoms with Crippen molar-refractivity contribution in [2.45, 2.75) is 56.8 Å². The summed E-state index contributed by atoms with van der Waals surface area (Å²) < 4.78 is 1.80. The van der Waals surface area contributed by atoms with Crippen LogP contribution in [0.15, 0.2) is 5.16 Å². The van der Waals surface area contributed by atoms with E-state index in [4.69, 9.17) is 5.73 Å². The number of carbonyl (C=O) groups is 1. The van der Waals surface area contributed by atoms with E-state index in [1.165, 1.54) is 31.0 Å². The molecule has 106 valence electrons. The fraction of sp³-hybridized carbons (Fsp3) is 0.750. The first kappa shape index (κ1) is 14.2. The van der Waals surface area contributed by atoms with Crippen LogP contribution in [-0.2, 0) is 11.3 Å². The van der Waals surface area contributed by atoms with Gasteiger partial charge in [-0.15, -0.1) is 10.2 Å². The van der Waals surface area contributed by atoms with E-state index < -0.39 is 0 Å². The smallest absolute Gasteiger partial charge is 0.230 e. The van der Waals surface area contributed by atoms with Crippen LogP contribution in [0.3, 0.4) is 0 Å². The quantitative estimate of drug-likeness (QED) is 0.798. The van der Waals surface area contributed by atoms with E-state index in [0.29, 0.717) is 29.4 Å². The maximum absolute atomic E-state index is 11.9. The molecule has 1 aliphatic carbocycles. The number of anilines is 1. The molecule has 6 nitrogen and oxygen atoms in total. The Labute approximate surface area is 117 Å². The molecule has 0 aromatic carbocycles. The molecule has 1 aromatic heterocycles. The predicted molar refractivity (Wildman–Crippen MR) is 75.8 cm³/mol. The van der Waals surface area contributed by atoms with Crippen molar-refractivity contribution in [1.29, 1.82) is 0 Å². The number of nitrogens with two attached hydrogens (primary N) is 1. The summed E-state index contributed by atoms with van der Waals surface area (Å²) in [5.41, 5.74) is 5.68. The molecule has 0 spiro atoms. The van der Waals surface area contributed by atoms with Crippen molar-refractivity contribution >= 4 is 23.6 Å². The zero-order chi connectivity index (χ0) is 13.7. The summed E-state index contributed by atoms with van der Waals surface area (Å²) in [5.74, 6) is 0.841. The van der Waals surface area contributed by atoms with E-state index >= 15 is 0 Å². The van der Waals surface area contributed by atoms with Crippen molar-refractivity contribution in [2.75, 3.05) is 11.5 Å². The minimum atomic E-state index is 0.0705. The van der Waals surface area contributed by atoms with Gasteiger partial charge in [-0.3, -0.25) is 9.36 Å². The van der Waals surface area contributed by atoms with Gasteiger partial charge in [-0.05, 0) is 19.8 Å². The lowest BCUT2D eigenvalue weighted by Crippen LogP contribution is -2.37. The molecule has 0 atom stereocenters. The normalized spacial score (nSPS) is 16.5. The van der Waals surface area contributed by atoms with Crippen molar-refractivity contribution in [3.63, 3.8) is 0 Å². The lowest BCUT2D eigenvalue weighted by molar-refractivity contribution is -0.119. The fourth-order valence-corrected chi connectivity index (χ4v) is 3.17. The number of nitrogens with zero attached hydrogens (tertiary/aromatic N) is 3. The van der Waals surface area contributed by atoms with E-state index in [0.717, 1.165) is 12.8 Å². The lowest BCUT2D eigenvalue weighted by Gasteiger charge is -2.22. The van der Waals surface area contributed by atoms with Crippen LogP contribution in [0.2, 0.25) is 0 Å². The van der Waals surface area contributed by atoms with Gasteiger partial charge in [-0.1, -0.05) is 31.0 Å². The summed E-state index contributed by atoms with van der Waals surface area (Å²) in [6, 6.07) is 0.357. The maximum Gasteiger partial charge on any atom is 0.230 e. The third-order valence-corrected chi connectivity index (χ3v) is 4.33. The number of thioether (sulfide) groups is 1. The fourth-order valence-electron chi connectivity index (χ4n) is 2.35.